The number of hydrogen-bond donors (Lipinski definition) is 1. The van der Waals surface area contributed by atoms with Crippen LogP contribution in [0.1, 0.15) is 45.6 Å². The molecule has 1 nitrogen and oxygen atoms in total. The second-order valence-electron chi connectivity index (χ2n) is 4.95. The van der Waals surface area contributed by atoms with Crippen LogP contribution in [0.2, 0.25) is 5.02 Å². The Morgan fingerprint density at radius 3 is 2.65 bits per heavy atom. The summed E-state index contributed by atoms with van der Waals surface area (Å²) in [5.41, 5.74) is 1.31. The lowest BCUT2D eigenvalue weighted by Crippen LogP contribution is -2.35. The summed E-state index contributed by atoms with van der Waals surface area (Å²) in [7, 11) is 0. The van der Waals surface area contributed by atoms with Gasteiger partial charge >= 0.3 is 0 Å². The van der Waals surface area contributed by atoms with Gasteiger partial charge < -0.3 is 5.32 Å². The molecule has 1 aromatic rings. The minimum absolute atomic E-state index is 0.500. The largest absolute Gasteiger partial charge is 0.311 e. The van der Waals surface area contributed by atoms with E-state index in [0.29, 0.717) is 12.1 Å². The van der Waals surface area contributed by atoms with Gasteiger partial charge in [0, 0.05) is 17.1 Å². The Morgan fingerprint density at radius 1 is 1.24 bits per heavy atom. The normalized spacial score (nSPS) is 14.6. The minimum Gasteiger partial charge on any atom is -0.311 e. The van der Waals surface area contributed by atoms with Gasteiger partial charge in [0.15, 0.2) is 0 Å². The molecule has 0 saturated heterocycles. The maximum atomic E-state index is 5.98. The van der Waals surface area contributed by atoms with Gasteiger partial charge in [-0.1, -0.05) is 43.5 Å². The van der Waals surface area contributed by atoms with Crippen LogP contribution in [-0.2, 0) is 6.42 Å². The van der Waals surface area contributed by atoms with Crippen molar-refractivity contribution >= 4 is 11.6 Å². The molecular weight excluding hydrogens is 230 g/mol. The molecule has 0 aliphatic heterocycles. The van der Waals surface area contributed by atoms with Gasteiger partial charge in [0.2, 0.25) is 0 Å². The maximum Gasteiger partial charge on any atom is 0.0408 e. The van der Waals surface area contributed by atoms with E-state index in [1.165, 1.54) is 24.8 Å². The topological polar surface area (TPSA) is 12.0 Å². The lowest BCUT2D eigenvalue weighted by atomic mass is 10.1. The van der Waals surface area contributed by atoms with Crippen molar-refractivity contribution in [3.8, 4) is 0 Å². The van der Waals surface area contributed by atoms with E-state index in [-0.39, 0.29) is 0 Å². The molecule has 0 aliphatic rings. The van der Waals surface area contributed by atoms with Crippen LogP contribution in [0.25, 0.3) is 0 Å². The summed E-state index contributed by atoms with van der Waals surface area (Å²) in [6.45, 7) is 6.75. The number of hydrogen-bond acceptors (Lipinski definition) is 1. The highest BCUT2D eigenvalue weighted by Crippen LogP contribution is 2.12. The molecule has 2 heteroatoms. The smallest absolute Gasteiger partial charge is 0.0408 e. The SMILES string of the molecule is CCCCC(C)NC(C)Cc1cccc(Cl)c1. The molecule has 2 atom stereocenters. The molecule has 1 aromatic carbocycles. The summed E-state index contributed by atoms with van der Waals surface area (Å²) >= 11 is 5.98. The van der Waals surface area contributed by atoms with Crippen LogP contribution in [0.3, 0.4) is 0 Å². The van der Waals surface area contributed by atoms with Gasteiger partial charge in [-0.2, -0.15) is 0 Å². The Labute approximate surface area is 111 Å². The number of halogens is 1. The Hall–Kier alpha value is -0.530. The quantitative estimate of drug-likeness (QED) is 0.758. The van der Waals surface area contributed by atoms with Crippen LogP contribution in [-0.4, -0.2) is 12.1 Å². The number of benzene rings is 1. The number of nitrogens with one attached hydrogen (secondary N) is 1. The third-order valence-electron chi connectivity index (χ3n) is 2.99. The van der Waals surface area contributed by atoms with Gasteiger partial charge in [-0.15, -0.1) is 0 Å². The van der Waals surface area contributed by atoms with E-state index in [9.17, 15) is 0 Å². The molecule has 1 rings (SSSR count). The fourth-order valence-corrected chi connectivity index (χ4v) is 2.37. The standard InChI is InChI=1S/C15H24ClN/c1-4-5-7-12(2)17-13(3)10-14-8-6-9-15(16)11-14/h6,8-9,11-13,17H,4-5,7,10H2,1-3H3. The van der Waals surface area contributed by atoms with Crippen molar-refractivity contribution in [2.75, 3.05) is 0 Å². The molecule has 0 amide bonds. The molecule has 2 unspecified atom stereocenters. The zero-order valence-corrected chi connectivity index (χ0v) is 11.9. The molecule has 0 saturated carbocycles. The average Bonchev–Trinajstić information content (AvgIpc) is 2.26. The molecule has 1 N–H and O–H groups in total. The first-order valence-electron chi connectivity index (χ1n) is 6.62. The summed E-state index contributed by atoms with van der Waals surface area (Å²) in [5.74, 6) is 0. The fourth-order valence-electron chi connectivity index (χ4n) is 2.16. The van der Waals surface area contributed by atoms with Crippen LogP contribution in [0.15, 0.2) is 24.3 Å². The van der Waals surface area contributed by atoms with E-state index in [4.69, 9.17) is 11.6 Å². The van der Waals surface area contributed by atoms with Crippen LogP contribution in [0.4, 0.5) is 0 Å². The predicted octanol–water partition coefficient (Wildman–Crippen LogP) is 4.44. The lowest BCUT2D eigenvalue weighted by Gasteiger charge is -2.20. The summed E-state index contributed by atoms with van der Waals surface area (Å²) in [4.78, 5) is 0. The first-order chi connectivity index (χ1) is 8.11. The van der Waals surface area contributed by atoms with E-state index in [1.54, 1.807) is 0 Å². The van der Waals surface area contributed by atoms with Crippen molar-refractivity contribution in [1.82, 2.24) is 5.32 Å². The van der Waals surface area contributed by atoms with Crippen molar-refractivity contribution in [1.29, 1.82) is 0 Å². The zero-order chi connectivity index (χ0) is 12.7. The molecule has 0 aliphatic carbocycles. The van der Waals surface area contributed by atoms with E-state index in [1.807, 2.05) is 12.1 Å². The first-order valence-corrected chi connectivity index (χ1v) is 7.00. The fraction of sp³-hybridized carbons (Fsp3) is 0.600. The molecule has 96 valence electrons. The Morgan fingerprint density at radius 2 is 2.00 bits per heavy atom. The van der Waals surface area contributed by atoms with Gasteiger partial charge in [0.25, 0.3) is 0 Å². The molecule has 0 bridgehead atoms. The van der Waals surface area contributed by atoms with Crippen LogP contribution in [0.5, 0.6) is 0 Å². The Balaban J connectivity index is 2.36. The molecule has 0 radical (unpaired) electrons. The monoisotopic (exact) mass is 253 g/mol. The first kappa shape index (κ1) is 14.5. The second-order valence-corrected chi connectivity index (χ2v) is 5.38. The van der Waals surface area contributed by atoms with Gasteiger partial charge in [-0.05, 0) is 44.4 Å². The van der Waals surface area contributed by atoms with Crippen LogP contribution in [0, 0.1) is 0 Å². The van der Waals surface area contributed by atoms with Crippen molar-refractivity contribution in [3.05, 3.63) is 34.9 Å². The predicted molar refractivity (Wildman–Crippen MR) is 76.7 cm³/mol. The van der Waals surface area contributed by atoms with Crippen molar-refractivity contribution in [3.63, 3.8) is 0 Å². The molecule has 0 fully saturated rings. The Kier molecular flexibility index (Phi) is 6.61. The van der Waals surface area contributed by atoms with Gasteiger partial charge in [-0.25, -0.2) is 0 Å². The maximum absolute atomic E-state index is 5.98. The molecule has 0 spiro atoms. The lowest BCUT2D eigenvalue weighted by molar-refractivity contribution is 0.434. The molecule has 0 heterocycles. The minimum atomic E-state index is 0.500. The van der Waals surface area contributed by atoms with E-state index in [2.05, 4.69) is 38.2 Å². The highest BCUT2D eigenvalue weighted by molar-refractivity contribution is 6.30. The van der Waals surface area contributed by atoms with Crippen LogP contribution >= 0.6 is 11.6 Å². The van der Waals surface area contributed by atoms with Crippen molar-refractivity contribution < 1.29 is 0 Å². The number of rotatable bonds is 7. The summed E-state index contributed by atoms with van der Waals surface area (Å²) in [5, 5.41) is 4.47. The average molecular weight is 254 g/mol. The summed E-state index contributed by atoms with van der Waals surface area (Å²) in [6, 6.07) is 9.24. The second kappa shape index (κ2) is 7.73. The molecule has 0 aromatic heterocycles. The van der Waals surface area contributed by atoms with E-state index in [0.717, 1.165) is 11.4 Å². The van der Waals surface area contributed by atoms with Crippen molar-refractivity contribution in [2.45, 2.75) is 58.5 Å². The van der Waals surface area contributed by atoms with E-state index >= 15 is 0 Å². The highest BCUT2D eigenvalue weighted by Gasteiger charge is 2.07. The van der Waals surface area contributed by atoms with Crippen molar-refractivity contribution in [2.24, 2.45) is 0 Å². The third-order valence-corrected chi connectivity index (χ3v) is 3.23. The summed E-state index contributed by atoms with van der Waals surface area (Å²) < 4.78 is 0. The molecule has 17 heavy (non-hydrogen) atoms. The Bertz CT molecular complexity index is 324. The summed E-state index contributed by atoms with van der Waals surface area (Å²) in [6.07, 6.45) is 4.88. The van der Waals surface area contributed by atoms with Gasteiger partial charge in [-0.3, -0.25) is 0 Å². The van der Waals surface area contributed by atoms with Gasteiger partial charge in [0.05, 0.1) is 0 Å². The molecular formula is C15H24ClN. The van der Waals surface area contributed by atoms with Gasteiger partial charge in [0.1, 0.15) is 0 Å². The van der Waals surface area contributed by atoms with Crippen LogP contribution < -0.4 is 5.32 Å². The highest BCUT2D eigenvalue weighted by atomic mass is 35.5. The third kappa shape index (κ3) is 6.09. The number of unbranched alkanes of at least 4 members (excludes halogenated alkanes) is 1. The zero-order valence-electron chi connectivity index (χ0n) is 11.2. The van der Waals surface area contributed by atoms with E-state index < -0.39 is 0 Å².